The van der Waals surface area contributed by atoms with Crippen molar-refractivity contribution in [3.05, 3.63) is 71.4 Å². The highest BCUT2D eigenvalue weighted by Gasteiger charge is 2.35. The number of sulfonamides is 1. The van der Waals surface area contributed by atoms with E-state index in [4.69, 9.17) is 9.26 Å². The number of ether oxygens (including phenoxy) is 1. The fourth-order valence-corrected chi connectivity index (χ4v) is 4.84. The monoisotopic (exact) mass is 435 g/mol. The summed E-state index contributed by atoms with van der Waals surface area (Å²) in [5, 5.41) is 3.94. The zero-order valence-corrected chi connectivity index (χ0v) is 16.9. The van der Waals surface area contributed by atoms with Gasteiger partial charge in [0.1, 0.15) is 17.4 Å². The van der Waals surface area contributed by atoms with Crippen molar-refractivity contribution in [1.29, 1.82) is 0 Å². The lowest BCUT2D eigenvalue weighted by atomic mass is 10.1. The molecule has 3 aromatic rings. The molecule has 1 unspecified atom stereocenters. The van der Waals surface area contributed by atoms with Crippen LogP contribution >= 0.6 is 0 Å². The van der Waals surface area contributed by atoms with Gasteiger partial charge in [-0.3, -0.25) is 0 Å². The molecular formula is C20H19F2N3O4S. The SMILES string of the molecule is Cc1cc(S(=O)(=O)N2CCC(c3noc(COc4ccc(F)cc4)n3)C2)ccc1F. The van der Waals surface area contributed by atoms with Crippen molar-refractivity contribution < 1.29 is 26.5 Å². The van der Waals surface area contributed by atoms with Gasteiger partial charge in [0.15, 0.2) is 12.4 Å². The fourth-order valence-electron chi connectivity index (χ4n) is 3.25. The molecule has 158 valence electrons. The number of hydrogen-bond donors (Lipinski definition) is 0. The molecule has 1 aliphatic rings. The van der Waals surface area contributed by atoms with Gasteiger partial charge in [-0.15, -0.1) is 0 Å². The first kappa shape index (κ1) is 20.4. The van der Waals surface area contributed by atoms with E-state index in [1.54, 1.807) is 0 Å². The van der Waals surface area contributed by atoms with E-state index in [2.05, 4.69) is 10.1 Å². The first-order chi connectivity index (χ1) is 14.3. The summed E-state index contributed by atoms with van der Waals surface area (Å²) in [4.78, 5) is 4.35. The summed E-state index contributed by atoms with van der Waals surface area (Å²) in [5.74, 6) is 0.0772. The van der Waals surface area contributed by atoms with Crippen LogP contribution in [0.3, 0.4) is 0 Å². The number of benzene rings is 2. The van der Waals surface area contributed by atoms with Crippen LogP contribution in [0.15, 0.2) is 51.9 Å². The molecule has 1 aliphatic heterocycles. The van der Waals surface area contributed by atoms with Crippen molar-refractivity contribution >= 4 is 10.0 Å². The molecule has 1 atom stereocenters. The van der Waals surface area contributed by atoms with Crippen LogP contribution in [0.25, 0.3) is 0 Å². The highest BCUT2D eigenvalue weighted by molar-refractivity contribution is 7.89. The first-order valence-corrected chi connectivity index (χ1v) is 10.7. The average Bonchev–Trinajstić information content (AvgIpc) is 3.39. The van der Waals surface area contributed by atoms with Crippen LogP contribution in [0.4, 0.5) is 8.78 Å². The first-order valence-electron chi connectivity index (χ1n) is 9.30. The second-order valence-electron chi connectivity index (χ2n) is 7.05. The van der Waals surface area contributed by atoms with Crippen molar-refractivity contribution in [2.75, 3.05) is 13.1 Å². The van der Waals surface area contributed by atoms with Gasteiger partial charge in [-0.1, -0.05) is 5.16 Å². The number of aryl methyl sites for hydroxylation is 1. The Morgan fingerprint density at radius 3 is 2.70 bits per heavy atom. The minimum atomic E-state index is -3.74. The normalized spacial score (nSPS) is 17.4. The number of aromatic nitrogens is 2. The van der Waals surface area contributed by atoms with Crippen LogP contribution in [0, 0.1) is 18.6 Å². The van der Waals surface area contributed by atoms with Crippen molar-refractivity contribution in [2.24, 2.45) is 0 Å². The number of nitrogens with zero attached hydrogens (tertiary/aromatic N) is 3. The minimum absolute atomic E-state index is 0.0161. The maximum Gasteiger partial charge on any atom is 0.264 e. The van der Waals surface area contributed by atoms with Gasteiger partial charge >= 0.3 is 0 Å². The molecule has 0 radical (unpaired) electrons. The highest BCUT2D eigenvalue weighted by atomic mass is 32.2. The fraction of sp³-hybridized carbons (Fsp3) is 0.300. The summed E-state index contributed by atoms with van der Waals surface area (Å²) in [6.45, 7) is 2.05. The van der Waals surface area contributed by atoms with Crippen LogP contribution < -0.4 is 4.74 Å². The molecule has 2 heterocycles. The summed E-state index contributed by atoms with van der Waals surface area (Å²) in [6.07, 6.45) is 0.539. The Bertz CT molecular complexity index is 1150. The molecule has 10 heteroatoms. The smallest absolute Gasteiger partial charge is 0.264 e. The van der Waals surface area contributed by atoms with E-state index in [1.807, 2.05) is 0 Å². The highest BCUT2D eigenvalue weighted by Crippen LogP contribution is 2.30. The summed E-state index contributed by atoms with van der Waals surface area (Å²) in [7, 11) is -3.74. The minimum Gasteiger partial charge on any atom is -0.484 e. The maximum atomic E-state index is 13.5. The predicted octanol–water partition coefficient (Wildman–Crippen LogP) is 3.41. The molecule has 1 saturated heterocycles. The second kappa shape index (κ2) is 8.11. The lowest BCUT2D eigenvalue weighted by molar-refractivity contribution is 0.242. The van der Waals surface area contributed by atoms with Gasteiger partial charge in [0.2, 0.25) is 10.0 Å². The third kappa shape index (κ3) is 4.19. The lowest BCUT2D eigenvalue weighted by Crippen LogP contribution is -2.28. The van der Waals surface area contributed by atoms with Gasteiger partial charge in [-0.2, -0.15) is 9.29 Å². The quantitative estimate of drug-likeness (QED) is 0.590. The molecule has 0 N–H and O–H groups in total. The Hall–Kier alpha value is -2.85. The number of hydrogen-bond acceptors (Lipinski definition) is 6. The maximum absolute atomic E-state index is 13.5. The Morgan fingerprint density at radius 2 is 1.97 bits per heavy atom. The summed E-state index contributed by atoms with van der Waals surface area (Å²) in [5.41, 5.74) is 0.274. The van der Waals surface area contributed by atoms with E-state index in [0.717, 1.165) is 6.07 Å². The zero-order chi connectivity index (χ0) is 21.3. The van der Waals surface area contributed by atoms with Gasteiger partial charge in [0.05, 0.1) is 4.90 Å². The third-order valence-corrected chi connectivity index (χ3v) is 6.80. The molecule has 2 aromatic carbocycles. The third-order valence-electron chi connectivity index (χ3n) is 4.94. The standard InChI is InChI=1S/C20H19F2N3O4S/c1-13-10-17(6-7-18(13)22)30(26,27)25-9-8-14(11-25)20-23-19(29-24-20)12-28-16-4-2-15(21)3-5-16/h2-7,10,14H,8-9,11-12H2,1H3. The predicted molar refractivity (Wildman–Crippen MR) is 102 cm³/mol. The van der Waals surface area contributed by atoms with Gasteiger partial charge in [-0.05, 0) is 61.4 Å². The van der Waals surface area contributed by atoms with Crippen molar-refractivity contribution in [3.8, 4) is 5.75 Å². The van der Waals surface area contributed by atoms with Crippen LogP contribution in [-0.2, 0) is 16.6 Å². The van der Waals surface area contributed by atoms with Gasteiger partial charge < -0.3 is 9.26 Å². The Labute approximate surface area is 172 Å². The summed E-state index contributed by atoms with van der Waals surface area (Å²) in [6, 6.07) is 9.30. The van der Waals surface area contributed by atoms with E-state index in [9.17, 15) is 17.2 Å². The van der Waals surface area contributed by atoms with E-state index >= 15 is 0 Å². The van der Waals surface area contributed by atoms with Gasteiger partial charge in [-0.25, -0.2) is 17.2 Å². The molecule has 4 rings (SSSR count). The van der Waals surface area contributed by atoms with E-state index in [-0.39, 0.29) is 41.2 Å². The average molecular weight is 435 g/mol. The molecule has 1 fully saturated rings. The van der Waals surface area contributed by atoms with Crippen LogP contribution in [0.1, 0.15) is 29.6 Å². The van der Waals surface area contributed by atoms with Gasteiger partial charge in [0.25, 0.3) is 5.89 Å². The molecule has 0 aliphatic carbocycles. The largest absolute Gasteiger partial charge is 0.484 e. The van der Waals surface area contributed by atoms with Crippen molar-refractivity contribution in [3.63, 3.8) is 0 Å². The van der Waals surface area contributed by atoms with Crippen LogP contribution in [-0.4, -0.2) is 36.0 Å². The summed E-state index contributed by atoms with van der Waals surface area (Å²) >= 11 is 0. The summed E-state index contributed by atoms with van der Waals surface area (Å²) < 4.78 is 64.1. The molecule has 30 heavy (non-hydrogen) atoms. The Kier molecular flexibility index (Phi) is 5.52. The second-order valence-corrected chi connectivity index (χ2v) is 8.99. The molecule has 0 saturated carbocycles. The van der Waals surface area contributed by atoms with E-state index in [0.29, 0.717) is 24.5 Å². The van der Waals surface area contributed by atoms with E-state index < -0.39 is 15.8 Å². The Balaban J connectivity index is 1.40. The van der Waals surface area contributed by atoms with E-state index in [1.165, 1.54) is 47.6 Å². The molecule has 0 spiro atoms. The molecule has 0 bridgehead atoms. The number of rotatable bonds is 6. The zero-order valence-electron chi connectivity index (χ0n) is 16.1. The Morgan fingerprint density at radius 1 is 1.20 bits per heavy atom. The molecular weight excluding hydrogens is 416 g/mol. The molecule has 1 aromatic heterocycles. The topological polar surface area (TPSA) is 85.5 Å². The van der Waals surface area contributed by atoms with Crippen LogP contribution in [0.2, 0.25) is 0 Å². The molecule has 7 nitrogen and oxygen atoms in total. The van der Waals surface area contributed by atoms with Crippen molar-refractivity contribution in [1.82, 2.24) is 14.4 Å². The van der Waals surface area contributed by atoms with Crippen LogP contribution in [0.5, 0.6) is 5.75 Å². The lowest BCUT2D eigenvalue weighted by Gasteiger charge is -2.16. The molecule has 0 amide bonds. The van der Waals surface area contributed by atoms with Gasteiger partial charge in [0, 0.05) is 19.0 Å². The number of halogens is 2. The van der Waals surface area contributed by atoms with Crippen molar-refractivity contribution in [2.45, 2.75) is 30.8 Å².